The number of ether oxygens (including phenoxy) is 1. The predicted molar refractivity (Wildman–Crippen MR) is 114 cm³/mol. The van der Waals surface area contributed by atoms with E-state index in [1.807, 2.05) is 0 Å². The van der Waals surface area contributed by atoms with Gasteiger partial charge in [0, 0.05) is 18.7 Å². The second-order valence-electron chi connectivity index (χ2n) is 7.63. The predicted octanol–water partition coefficient (Wildman–Crippen LogP) is -0.477. The maximum absolute atomic E-state index is 13.6. The highest BCUT2D eigenvalue weighted by molar-refractivity contribution is 7.92. The quantitative estimate of drug-likeness (QED) is 0.477. The summed E-state index contributed by atoms with van der Waals surface area (Å²) in [6.45, 7) is 1.27. The number of nitrogens with one attached hydrogen (secondary N) is 2. The van der Waals surface area contributed by atoms with Gasteiger partial charge in [-0.3, -0.25) is 4.79 Å². The summed E-state index contributed by atoms with van der Waals surface area (Å²) in [5.74, 6) is -1.28. The summed E-state index contributed by atoms with van der Waals surface area (Å²) in [6.07, 6.45) is 0.276. The number of carbonyl (C=O) groups is 1. The van der Waals surface area contributed by atoms with Crippen LogP contribution >= 0.6 is 0 Å². The van der Waals surface area contributed by atoms with Crippen LogP contribution in [0.5, 0.6) is 5.75 Å². The van der Waals surface area contributed by atoms with Gasteiger partial charge in [-0.2, -0.15) is 0 Å². The Kier molecular flexibility index (Phi) is 6.68. The van der Waals surface area contributed by atoms with E-state index in [1.165, 1.54) is 32.2 Å². The van der Waals surface area contributed by atoms with Crippen LogP contribution in [0.3, 0.4) is 0 Å². The van der Waals surface area contributed by atoms with E-state index in [-0.39, 0.29) is 52.2 Å². The van der Waals surface area contributed by atoms with E-state index in [4.69, 9.17) is 4.74 Å². The third-order valence-electron chi connectivity index (χ3n) is 5.10. The summed E-state index contributed by atoms with van der Waals surface area (Å²) < 4.78 is 81.1. The first-order chi connectivity index (χ1) is 14.3. The smallest absolute Gasteiger partial charge is 0.259 e. The van der Waals surface area contributed by atoms with Gasteiger partial charge in [0.05, 0.1) is 36.2 Å². The molecule has 0 radical (unpaired) electrons. The highest BCUT2D eigenvalue weighted by Gasteiger charge is 2.42. The molecule has 0 unspecified atom stereocenters. The Balaban J connectivity index is 2.03. The minimum absolute atomic E-state index is 0.000740. The molecular formula is C17H25N3O8S3. The van der Waals surface area contributed by atoms with Crippen molar-refractivity contribution in [2.45, 2.75) is 36.7 Å². The van der Waals surface area contributed by atoms with E-state index < -0.39 is 47.7 Å². The highest BCUT2D eigenvalue weighted by Crippen LogP contribution is 2.32. The minimum Gasteiger partial charge on any atom is -0.495 e. The van der Waals surface area contributed by atoms with Gasteiger partial charge < -0.3 is 10.1 Å². The molecule has 2 heterocycles. The summed E-state index contributed by atoms with van der Waals surface area (Å²) in [5.41, 5.74) is 2.98. The zero-order valence-corrected chi connectivity index (χ0v) is 19.5. The summed E-state index contributed by atoms with van der Waals surface area (Å²) >= 11 is 0. The van der Waals surface area contributed by atoms with Crippen molar-refractivity contribution in [3.63, 3.8) is 0 Å². The van der Waals surface area contributed by atoms with Crippen molar-refractivity contribution in [3.8, 4) is 5.75 Å². The van der Waals surface area contributed by atoms with Gasteiger partial charge in [0.2, 0.25) is 5.91 Å². The van der Waals surface area contributed by atoms with Crippen molar-refractivity contribution >= 4 is 41.3 Å². The average molecular weight is 496 g/mol. The standard InChI is InChI=1S/C17H25N3O8S3/c1-12(21)18-13-3-4-16(28-2)17(9-13)31(26,27)20(15-6-8-30(24,25)11-15)19-14-5-7-29(22,23)10-14/h3-4,9,14-15,19H,5-8,10-11H2,1-2H3,(H,18,21)/t14-,15-/m0/s1. The summed E-state index contributed by atoms with van der Waals surface area (Å²) in [5, 5.41) is 2.50. The average Bonchev–Trinajstić information content (AvgIpc) is 3.19. The number of methoxy groups -OCH3 is 1. The number of sulfone groups is 2. The lowest BCUT2D eigenvalue weighted by molar-refractivity contribution is -0.114. The molecule has 2 aliphatic rings. The molecule has 31 heavy (non-hydrogen) atoms. The van der Waals surface area contributed by atoms with Crippen LogP contribution in [0.1, 0.15) is 19.8 Å². The third-order valence-corrected chi connectivity index (χ3v) is 10.4. The van der Waals surface area contributed by atoms with Crippen LogP contribution in [0, 0.1) is 0 Å². The summed E-state index contributed by atoms with van der Waals surface area (Å²) in [6, 6.07) is 2.49. The molecule has 3 rings (SSSR count). The van der Waals surface area contributed by atoms with Crippen LogP contribution in [0.25, 0.3) is 0 Å². The first-order valence-corrected chi connectivity index (χ1v) is 14.6. The van der Waals surface area contributed by atoms with Crippen molar-refractivity contribution in [3.05, 3.63) is 18.2 Å². The molecule has 0 aromatic heterocycles. The molecule has 2 atom stereocenters. The molecule has 0 spiro atoms. The number of sulfonamides is 1. The van der Waals surface area contributed by atoms with Crippen LogP contribution < -0.4 is 15.5 Å². The molecule has 2 fully saturated rings. The SMILES string of the molecule is COc1ccc(NC(C)=O)cc1S(=O)(=O)N(N[C@H]1CCS(=O)(=O)C1)[C@H]1CCS(=O)(=O)C1. The van der Waals surface area contributed by atoms with Gasteiger partial charge in [-0.1, -0.05) is 0 Å². The molecule has 11 nitrogen and oxygen atoms in total. The molecule has 2 saturated heterocycles. The topological polar surface area (TPSA) is 156 Å². The minimum atomic E-state index is -4.37. The Hall–Kier alpha value is -1.74. The first kappa shape index (κ1) is 23.9. The van der Waals surface area contributed by atoms with E-state index in [0.717, 1.165) is 4.41 Å². The van der Waals surface area contributed by atoms with E-state index in [9.17, 15) is 30.0 Å². The fraction of sp³-hybridized carbons (Fsp3) is 0.588. The lowest BCUT2D eigenvalue weighted by Gasteiger charge is -2.31. The Labute approximate surface area is 182 Å². The van der Waals surface area contributed by atoms with Gasteiger partial charge in [0.25, 0.3) is 10.0 Å². The molecule has 0 aliphatic carbocycles. The van der Waals surface area contributed by atoms with E-state index in [2.05, 4.69) is 10.7 Å². The Morgan fingerprint density at radius 1 is 1.10 bits per heavy atom. The van der Waals surface area contributed by atoms with Gasteiger partial charge in [-0.25, -0.2) is 30.7 Å². The van der Waals surface area contributed by atoms with Gasteiger partial charge in [-0.15, -0.1) is 4.41 Å². The van der Waals surface area contributed by atoms with E-state index >= 15 is 0 Å². The summed E-state index contributed by atoms with van der Waals surface area (Å²) in [7, 11) is -9.83. The molecule has 1 aromatic rings. The number of nitrogens with zero attached hydrogens (tertiary/aromatic N) is 1. The van der Waals surface area contributed by atoms with Gasteiger partial charge in [-0.05, 0) is 31.0 Å². The molecule has 2 aliphatic heterocycles. The van der Waals surface area contributed by atoms with Crippen LogP contribution in [0.2, 0.25) is 0 Å². The number of amides is 1. The fourth-order valence-corrected chi connectivity index (χ4v) is 8.89. The highest BCUT2D eigenvalue weighted by atomic mass is 32.2. The monoisotopic (exact) mass is 495 g/mol. The van der Waals surface area contributed by atoms with Crippen molar-refractivity contribution < 1.29 is 34.8 Å². The lowest BCUT2D eigenvalue weighted by Crippen LogP contribution is -2.54. The number of hydrogen-bond donors (Lipinski definition) is 2. The van der Waals surface area contributed by atoms with Crippen molar-refractivity contribution in [1.82, 2.24) is 9.84 Å². The Bertz CT molecular complexity index is 1180. The van der Waals surface area contributed by atoms with Crippen molar-refractivity contribution in [2.75, 3.05) is 35.4 Å². The number of benzene rings is 1. The molecular weight excluding hydrogens is 470 g/mol. The van der Waals surface area contributed by atoms with Crippen LogP contribution in [0.15, 0.2) is 23.1 Å². The van der Waals surface area contributed by atoms with E-state index in [1.54, 1.807) is 0 Å². The zero-order chi connectivity index (χ0) is 23.0. The lowest BCUT2D eigenvalue weighted by atomic mass is 10.2. The molecule has 14 heteroatoms. The fourth-order valence-electron chi connectivity index (χ4n) is 3.67. The van der Waals surface area contributed by atoms with Gasteiger partial charge in [0.15, 0.2) is 19.7 Å². The number of anilines is 1. The normalized spacial score (nSPS) is 24.9. The van der Waals surface area contributed by atoms with Crippen molar-refractivity contribution in [2.24, 2.45) is 0 Å². The number of rotatable bonds is 7. The van der Waals surface area contributed by atoms with Crippen LogP contribution in [-0.2, 0) is 34.5 Å². The maximum Gasteiger partial charge on any atom is 0.259 e. The largest absolute Gasteiger partial charge is 0.495 e. The number of hydrogen-bond acceptors (Lipinski definition) is 9. The molecule has 0 saturated carbocycles. The Morgan fingerprint density at radius 2 is 1.74 bits per heavy atom. The van der Waals surface area contributed by atoms with Crippen LogP contribution in [0.4, 0.5) is 5.69 Å². The number of carbonyl (C=O) groups excluding carboxylic acids is 1. The molecule has 1 amide bonds. The molecule has 174 valence electrons. The molecule has 1 aromatic carbocycles. The van der Waals surface area contributed by atoms with E-state index in [0.29, 0.717) is 0 Å². The Morgan fingerprint density at radius 3 is 2.26 bits per heavy atom. The zero-order valence-electron chi connectivity index (χ0n) is 17.1. The first-order valence-electron chi connectivity index (χ1n) is 9.50. The second-order valence-corrected chi connectivity index (χ2v) is 13.9. The second kappa shape index (κ2) is 8.65. The van der Waals surface area contributed by atoms with Crippen molar-refractivity contribution in [1.29, 1.82) is 0 Å². The summed E-state index contributed by atoms with van der Waals surface area (Å²) in [4.78, 5) is 11.1. The molecule has 2 N–H and O–H groups in total. The van der Waals surface area contributed by atoms with Crippen LogP contribution in [-0.4, -0.2) is 77.8 Å². The third kappa shape index (κ3) is 5.55. The van der Waals surface area contributed by atoms with Gasteiger partial charge in [0.1, 0.15) is 10.6 Å². The maximum atomic E-state index is 13.6. The van der Waals surface area contributed by atoms with Gasteiger partial charge >= 0.3 is 0 Å². The number of hydrazine groups is 1. The molecule has 0 bridgehead atoms.